The van der Waals surface area contributed by atoms with Crippen LogP contribution in [0.1, 0.15) is 53.4 Å². The van der Waals surface area contributed by atoms with Gasteiger partial charge in [-0.15, -0.1) is 0 Å². The molecule has 0 aromatic carbocycles. The van der Waals surface area contributed by atoms with Gasteiger partial charge in [-0.2, -0.15) is 0 Å². The number of hydrogen-bond donors (Lipinski definition) is 1. The fraction of sp³-hybridized carbons (Fsp3) is 0.783. The monoisotopic (exact) mass is 454 g/mol. The minimum atomic E-state index is -3.78. The van der Waals surface area contributed by atoms with E-state index >= 15 is 4.39 Å². The number of sulfone groups is 1. The summed E-state index contributed by atoms with van der Waals surface area (Å²) in [5.74, 6) is -2.18. The highest BCUT2D eigenvalue weighted by molar-refractivity contribution is 7.92. The van der Waals surface area contributed by atoms with Crippen molar-refractivity contribution in [3.63, 3.8) is 0 Å². The highest BCUT2D eigenvalue weighted by atomic mass is 32.2. The fourth-order valence-electron chi connectivity index (χ4n) is 7.93. The summed E-state index contributed by atoms with van der Waals surface area (Å²) in [6.07, 6.45) is 4.76. The number of carbonyl (C=O) groups is 1. The lowest BCUT2D eigenvalue weighted by Gasteiger charge is -2.62. The topological polar surface area (TPSA) is 89.9 Å². The average molecular weight is 455 g/mol. The zero-order valence-corrected chi connectivity index (χ0v) is 19.5. The number of ketones is 1. The third-order valence-corrected chi connectivity index (χ3v) is 11.0. The van der Waals surface area contributed by atoms with Crippen molar-refractivity contribution in [2.75, 3.05) is 6.26 Å². The van der Waals surface area contributed by atoms with E-state index in [1.807, 2.05) is 6.92 Å². The largest absolute Gasteiger partial charge is 0.390 e. The Labute approximate surface area is 182 Å². The third-order valence-electron chi connectivity index (χ3n) is 9.09. The van der Waals surface area contributed by atoms with Crippen LogP contribution in [0.15, 0.2) is 23.8 Å². The maximum absolute atomic E-state index is 17.1. The molecule has 0 aromatic rings. The van der Waals surface area contributed by atoms with Crippen LogP contribution < -0.4 is 0 Å². The molecule has 6 nitrogen and oxygen atoms in total. The first kappa shape index (κ1) is 21.7. The first-order chi connectivity index (χ1) is 14.1. The molecule has 0 bridgehead atoms. The third kappa shape index (κ3) is 2.32. The Bertz CT molecular complexity index is 1030. The fourth-order valence-corrected chi connectivity index (χ4v) is 9.98. The van der Waals surface area contributed by atoms with E-state index in [9.17, 15) is 18.3 Å². The molecule has 1 saturated heterocycles. The van der Waals surface area contributed by atoms with E-state index in [0.717, 1.165) is 6.26 Å². The van der Waals surface area contributed by atoms with Gasteiger partial charge in [0, 0.05) is 23.0 Å². The summed E-state index contributed by atoms with van der Waals surface area (Å²) < 4.78 is 55.8. The van der Waals surface area contributed by atoms with E-state index in [1.165, 1.54) is 12.2 Å². The van der Waals surface area contributed by atoms with Gasteiger partial charge in [0.2, 0.25) is 4.93 Å². The minimum Gasteiger partial charge on any atom is -0.390 e. The van der Waals surface area contributed by atoms with Crippen molar-refractivity contribution in [2.45, 2.75) is 82.0 Å². The number of carbonyl (C=O) groups excluding carboxylic acids is 1. The Morgan fingerprint density at radius 2 is 1.87 bits per heavy atom. The standard InChI is InChI=1S/C23H31FO6S/c1-19(2)29-18-11-16-15-7-6-13-10-14(25)8-9-20(13,3)22(15,24)17(26)12-21(16,4)23(18,30-19)31(5,27)28/h8-10,15-18,26H,6-7,11-12H2,1-5H3/t15-,16-,17-,18+,20-,21-,22-,23-/m0/s1. The second kappa shape index (κ2) is 5.88. The molecule has 1 heterocycles. The number of halogens is 1. The van der Waals surface area contributed by atoms with Crippen LogP contribution in [0.5, 0.6) is 0 Å². The van der Waals surface area contributed by atoms with Crippen molar-refractivity contribution in [1.82, 2.24) is 0 Å². The summed E-state index contributed by atoms with van der Waals surface area (Å²) in [6, 6.07) is 0. The zero-order valence-electron chi connectivity index (χ0n) is 18.6. The summed E-state index contributed by atoms with van der Waals surface area (Å²) in [4.78, 5) is 10.3. The Balaban J connectivity index is 1.67. The Kier molecular flexibility index (Phi) is 4.12. The number of alkyl halides is 1. The van der Waals surface area contributed by atoms with Gasteiger partial charge in [-0.1, -0.05) is 18.6 Å². The van der Waals surface area contributed by atoms with Crippen LogP contribution in [0.2, 0.25) is 0 Å². The quantitative estimate of drug-likeness (QED) is 0.655. The summed E-state index contributed by atoms with van der Waals surface area (Å²) in [5.41, 5.74) is -3.43. The highest BCUT2D eigenvalue weighted by Gasteiger charge is 2.81. The van der Waals surface area contributed by atoms with Gasteiger partial charge in [0.15, 0.2) is 27.1 Å². The van der Waals surface area contributed by atoms with Crippen molar-refractivity contribution >= 4 is 15.6 Å². The number of allylic oxidation sites excluding steroid dienone is 4. The molecular weight excluding hydrogens is 423 g/mol. The smallest absolute Gasteiger partial charge is 0.203 e. The number of hydrogen-bond acceptors (Lipinski definition) is 6. The average Bonchev–Trinajstić information content (AvgIpc) is 3.04. The molecule has 0 amide bonds. The molecule has 0 radical (unpaired) electrons. The summed E-state index contributed by atoms with van der Waals surface area (Å²) in [5, 5.41) is 11.4. The molecule has 0 spiro atoms. The molecule has 3 saturated carbocycles. The SMILES string of the molecule is CC1(C)O[C@@H]2C[C@H]3[C@@H]4CCC5=CC(=O)C=C[C@]5(C)[C@@]4(F)[C@@H](O)C[C@]3(C)[C@]2(S(C)(=O)=O)O1. The van der Waals surface area contributed by atoms with Gasteiger partial charge in [0.05, 0.1) is 6.10 Å². The van der Waals surface area contributed by atoms with E-state index in [4.69, 9.17) is 9.47 Å². The second-order valence-electron chi connectivity index (χ2n) is 11.0. The Morgan fingerprint density at radius 3 is 2.52 bits per heavy atom. The molecular formula is C23H31FO6S. The van der Waals surface area contributed by atoms with Crippen LogP contribution in [0.3, 0.4) is 0 Å². The number of ether oxygens (including phenoxy) is 2. The van der Waals surface area contributed by atoms with Gasteiger partial charge in [-0.3, -0.25) is 4.79 Å². The van der Waals surface area contributed by atoms with Crippen LogP contribution in [0.4, 0.5) is 4.39 Å². The molecule has 8 atom stereocenters. The molecule has 0 unspecified atom stereocenters. The predicted octanol–water partition coefficient (Wildman–Crippen LogP) is 2.86. The van der Waals surface area contributed by atoms with Gasteiger partial charge in [0.25, 0.3) is 0 Å². The maximum Gasteiger partial charge on any atom is 0.203 e. The second-order valence-corrected chi connectivity index (χ2v) is 13.2. The van der Waals surface area contributed by atoms with Gasteiger partial charge in [-0.05, 0) is 64.5 Å². The number of rotatable bonds is 1. The molecule has 1 aliphatic heterocycles. The lowest BCUT2D eigenvalue weighted by Crippen LogP contribution is -2.69. The summed E-state index contributed by atoms with van der Waals surface area (Å²) >= 11 is 0. The van der Waals surface area contributed by atoms with E-state index in [0.29, 0.717) is 24.8 Å². The molecule has 31 heavy (non-hydrogen) atoms. The highest BCUT2D eigenvalue weighted by Crippen LogP contribution is 2.73. The minimum absolute atomic E-state index is 0.0572. The summed E-state index contributed by atoms with van der Waals surface area (Å²) in [6.45, 7) is 6.95. The number of fused-ring (bicyclic) bond motifs is 7. The summed E-state index contributed by atoms with van der Waals surface area (Å²) in [7, 11) is -3.78. The van der Waals surface area contributed by atoms with Crippen LogP contribution >= 0.6 is 0 Å². The normalized spacial score (nSPS) is 52.7. The van der Waals surface area contributed by atoms with E-state index < -0.39 is 55.2 Å². The van der Waals surface area contributed by atoms with Crippen molar-refractivity contribution in [3.05, 3.63) is 23.8 Å². The van der Waals surface area contributed by atoms with Gasteiger partial charge in [0.1, 0.15) is 6.10 Å². The van der Waals surface area contributed by atoms with Gasteiger partial charge >= 0.3 is 0 Å². The zero-order chi connectivity index (χ0) is 22.8. The number of aliphatic hydroxyl groups is 1. The van der Waals surface area contributed by atoms with E-state index in [1.54, 1.807) is 26.8 Å². The van der Waals surface area contributed by atoms with Crippen molar-refractivity contribution < 1.29 is 32.2 Å². The molecule has 5 aliphatic rings. The molecule has 8 heteroatoms. The molecule has 172 valence electrons. The van der Waals surface area contributed by atoms with E-state index in [-0.39, 0.29) is 18.1 Å². The molecule has 4 aliphatic carbocycles. The van der Waals surface area contributed by atoms with E-state index in [2.05, 4.69) is 0 Å². The molecule has 1 N–H and O–H groups in total. The van der Waals surface area contributed by atoms with Gasteiger partial charge in [-0.25, -0.2) is 12.8 Å². The van der Waals surface area contributed by atoms with Crippen LogP contribution in [0, 0.1) is 22.7 Å². The van der Waals surface area contributed by atoms with Crippen molar-refractivity contribution in [2.24, 2.45) is 22.7 Å². The van der Waals surface area contributed by atoms with Crippen molar-refractivity contribution in [1.29, 1.82) is 0 Å². The molecule has 0 aromatic heterocycles. The van der Waals surface area contributed by atoms with Gasteiger partial charge < -0.3 is 14.6 Å². The maximum atomic E-state index is 17.1. The van der Waals surface area contributed by atoms with Crippen LogP contribution in [-0.2, 0) is 24.1 Å². The lowest BCUT2D eigenvalue weighted by molar-refractivity contribution is -0.233. The lowest BCUT2D eigenvalue weighted by atomic mass is 9.45. The Hall–Kier alpha value is -1.09. The molecule has 5 rings (SSSR count). The van der Waals surface area contributed by atoms with Crippen LogP contribution in [-0.4, -0.2) is 54.2 Å². The Morgan fingerprint density at radius 1 is 1.19 bits per heavy atom. The first-order valence-electron chi connectivity index (χ1n) is 11.0. The predicted molar refractivity (Wildman–Crippen MR) is 111 cm³/mol. The molecule has 4 fully saturated rings. The first-order valence-corrected chi connectivity index (χ1v) is 12.9. The number of aliphatic hydroxyl groups excluding tert-OH is 1. The van der Waals surface area contributed by atoms with Crippen molar-refractivity contribution in [3.8, 4) is 0 Å². The van der Waals surface area contributed by atoms with Crippen LogP contribution in [0.25, 0.3) is 0 Å².